The molecule has 1 fully saturated rings. The third-order valence-electron chi connectivity index (χ3n) is 6.68. The van der Waals surface area contributed by atoms with E-state index in [2.05, 4.69) is 19.6 Å². The van der Waals surface area contributed by atoms with Crippen molar-refractivity contribution < 1.29 is 28.6 Å². The zero-order valence-corrected chi connectivity index (χ0v) is 19.3. The van der Waals surface area contributed by atoms with E-state index in [0.29, 0.717) is 30.5 Å². The van der Waals surface area contributed by atoms with E-state index < -0.39 is 26.1 Å². The summed E-state index contributed by atoms with van der Waals surface area (Å²) < 4.78 is 27.2. The molecule has 30 heavy (non-hydrogen) atoms. The molecule has 0 bridgehead atoms. The number of benzene rings is 1. The van der Waals surface area contributed by atoms with Gasteiger partial charge in [0.15, 0.2) is 6.10 Å². The van der Waals surface area contributed by atoms with Gasteiger partial charge in [-0.1, -0.05) is 24.8 Å². The smallest absolute Gasteiger partial charge is 0.337 e. The van der Waals surface area contributed by atoms with Crippen LogP contribution in [-0.4, -0.2) is 47.0 Å². The lowest BCUT2D eigenvalue weighted by atomic mass is 9.84. The largest absolute Gasteiger partial charge is 0.479 e. The molecule has 1 aromatic carbocycles. The summed E-state index contributed by atoms with van der Waals surface area (Å²) in [5.74, 6) is -4.06. The van der Waals surface area contributed by atoms with Crippen molar-refractivity contribution in [3.63, 3.8) is 0 Å². The van der Waals surface area contributed by atoms with Crippen molar-refractivity contribution in [1.82, 2.24) is 4.90 Å². The fourth-order valence-electron chi connectivity index (χ4n) is 5.22. The number of aliphatic hydroxyl groups is 1. The third kappa shape index (κ3) is 4.04. The van der Waals surface area contributed by atoms with Gasteiger partial charge in [0, 0.05) is 25.4 Å². The number of halogens is 2. The quantitative estimate of drug-likeness (QED) is 0.705. The van der Waals surface area contributed by atoms with E-state index >= 15 is 0 Å². The van der Waals surface area contributed by atoms with E-state index in [-0.39, 0.29) is 31.2 Å². The summed E-state index contributed by atoms with van der Waals surface area (Å²) in [4.78, 5) is 26.3. The monoisotopic (exact) mass is 439 g/mol. The average molecular weight is 440 g/mol. The molecule has 0 spiro atoms. The maximum atomic E-state index is 13.6. The Labute approximate surface area is 177 Å². The molecule has 5 nitrogen and oxygen atoms in total. The number of aliphatic carboxylic acids is 1. The molecule has 1 aliphatic carbocycles. The molecule has 2 aliphatic rings. The number of carboxylic acid groups (broad SMARTS) is 1. The number of carboxylic acids is 1. The molecule has 1 aliphatic heterocycles. The minimum Gasteiger partial charge on any atom is -0.479 e. The van der Waals surface area contributed by atoms with Gasteiger partial charge in [-0.25, -0.2) is 13.6 Å². The van der Waals surface area contributed by atoms with Crippen molar-refractivity contribution in [2.75, 3.05) is 0 Å². The van der Waals surface area contributed by atoms with Crippen molar-refractivity contribution in [3.8, 4) is 0 Å². The lowest BCUT2D eigenvalue weighted by Crippen LogP contribution is -2.49. The van der Waals surface area contributed by atoms with Crippen molar-refractivity contribution >= 4 is 25.1 Å². The van der Waals surface area contributed by atoms with Crippen LogP contribution >= 0.6 is 0 Å². The second kappa shape index (κ2) is 7.71. The zero-order chi connectivity index (χ0) is 22.6. The topological polar surface area (TPSA) is 77.8 Å². The summed E-state index contributed by atoms with van der Waals surface area (Å²) in [6.07, 6.45) is -1.33. The van der Waals surface area contributed by atoms with Crippen LogP contribution in [0.1, 0.15) is 59.6 Å². The number of carbonyl (C=O) groups is 2. The van der Waals surface area contributed by atoms with Crippen molar-refractivity contribution in [3.05, 3.63) is 27.8 Å². The van der Waals surface area contributed by atoms with Crippen LogP contribution in [0.2, 0.25) is 19.6 Å². The number of fused-ring (bicyclic) bond motifs is 1. The number of hydrogen-bond acceptors (Lipinski definition) is 3. The van der Waals surface area contributed by atoms with Gasteiger partial charge < -0.3 is 15.1 Å². The molecule has 0 saturated heterocycles. The van der Waals surface area contributed by atoms with Gasteiger partial charge in [-0.15, -0.1) is 0 Å². The van der Waals surface area contributed by atoms with Gasteiger partial charge in [-0.2, -0.15) is 0 Å². The highest BCUT2D eigenvalue weighted by molar-refractivity contribution is 6.89. The van der Waals surface area contributed by atoms with Crippen LogP contribution in [0.15, 0.2) is 0 Å². The van der Waals surface area contributed by atoms with Crippen molar-refractivity contribution in [2.45, 2.75) is 90.2 Å². The van der Waals surface area contributed by atoms with Gasteiger partial charge in [0.25, 0.3) is 0 Å². The van der Waals surface area contributed by atoms with Gasteiger partial charge in [0.1, 0.15) is 0 Å². The van der Waals surface area contributed by atoms with E-state index in [1.165, 1.54) is 0 Å². The molecule has 1 saturated carbocycles. The lowest BCUT2D eigenvalue weighted by Gasteiger charge is -2.41. The number of carbonyl (C=O) groups excluding carboxylic acids is 1. The number of amides is 1. The normalized spacial score (nSPS) is 20.8. The Hall–Kier alpha value is -1.80. The minimum absolute atomic E-state index is 0.111. The van der Waals surface area contributed by atoms with Crippen molar-refractivity contribution in [1.29, 1.82) is 0 Å². The molecule has 0 radical (unpaired) electrons. The molecule has 1 heterocycles. The summed E-state index contributed by atoms with van der Waals surface area (Å²) in [6, 6.07) is -0.190. The molecule has 0 aromatic heterocycles. The standard InChI is InChI=1S/C22H31F2NO4Si/c1-12-15-10-17(26)25(14-6-8-22(23,24)9-7-14)11-16(15)13(2)20(30(3,4)5)18(12)19(27)21(28)29/h14,19,27H,6-11H2,1-5H3,(H,28,29). The van der Waals surface area contributed by atoms with E-state index in [9.17, 15) is 28.6 Å². The maximum Gasteiger partial charge on any atom is 0.337 e. The first-order valence-corrected chi connectivity index (χ1v) is 14.0. The van der Waals surface area contributed by atoms with Crippen LogP contribution in [0, 0.1) is 13.8 Å². The SMILES string of the molecule is Cc1c2c(c(C)c([Si](C)(C)C)c1C(O)C(=O)O)CN(C1CCC(F)(F)CC1)C(=O)C2. The highest BCUT2D eigenvalue weighted by atomic mass is 28.3. The van der Waals surface area contributed by atoms with Gasteiger partial charge >= 0.3 is 5.97 Å². The third-order valence-corrected chi connectivity index (χ3v) is 8.82. The second-order valence-corrected chi connectivity index (χ2v) is 14.8. The first-order chi connectivity index (χ1) is 13.7. The van der Waals surface area contributed by atoms with Crippen LogP contribution in [0.25, 0.3) is 0 Å². The first-order valence-electron chi connectivity index (χ1n) is 10.5. The molecule has 3 rings (SSSR count). The summed E-state index contributed by atoms with van der Waals surface area (Å²) >= 11 is 0. The number of nitrogens with zero attached hydrogens (tertiary/aromatic N) is 1. The van der Waals surface area contributed by atoms with Crippen LogP contribution in [0.4, 0.5) is 8.78 Å². The molecule has 2 N–H and O–H groups in total. The van der Waals surface area contributed by atoms with Crippen LogP contribution in [0.3, 0.4) is 0 Å². The highest BCUT2D eigenvalue weighted by Gasteiger charge is 2.41. The molecular weight excluding hydrogens is 408 g/mol. The van der Waals surface area contributed by atoms with E-state index in [1.54, 1.807) is 11.8 Å². The summed E-state index contributed by atoms with van der Waals surface area (Å²) in [5.41, 5.74) is 3.81. The van der Waals surface area contributed by atoms with Crippen LogP contribution < -0.4 is 5.19 Å². The molecule has 1 amide bonds. The molecule has 1 aromatic rings. The predicted octanol–water partition coefficient (Wildman–Crippen LogP) is 3.43. The fourth-order valence-corrected chi connectivity index (χ4v) is 7.63. The summed E-state index contributed by atoms with van der Waals surface area (Å²) in [7, 11) is -2.05. The Bertz CT molecular complexity index is 884. The predicted molar refractivity (Wildman–Crippen MR) is 113 cm³/mol. The Balaban J connectivity index is 2.09. The molecular formula is C22H31F2NO4Si. The Kier molecular flexibility index (Phi) is 5.88. The maximum absolute atomic E-state index is 13.6. The van der Waals surface area contributed by atoms with E-state index in [1.807, 2.05) is 6.92 Å². The van der Waals surface area contributed by atoms with Crippen molar-refractivity contribution in [2.24, 2.45) is 0 Å². The highest BCUT2D eigenvalue weighted by Crippen LogP contribution is 2.38. The minimum atomic E-state index is -2.65. The lowest BCUT2D eigenvalue weighted by molar-refractivity contribution is -0.146. The first kappa shape index (κ1) is 22.9. The molecule has 1 unspecified atom stereocenters. The van der Waals surface area contributed by atoms with Crippen LogP contribution in [0.5, 0.6) is 0 Å². The Morgan fingerprint density at radius 2 is 1.70 bits per heavy atom. The van der Waals surface area contributed by atoms with Gasteiger partial charge in [-0.3, -0.25) is 4.79 Å². The summed E-state index contributed by atoms with van der Waals surface area (Å²) in [5, 5.41) is 20.9. The average Bonchev–Trinajstić information content (AvgIpc) is 2.62. The Morgan fingerprint density at radius 3 is 2.20 bits per heavy atom. The van der Waals surface area contributed by atoms with Gasteiger partial charge in [0.2, 0.25) is 11.8 Å². The van der Waals surface area contributed by atoms with E-state index in [0.717, 1.165) is 21.9 Å². The molecule has 1 atom stereocenters. The van der Waals surface area contributed by atoms with Crippen LogP contribution in [-0.2, 0) is 22.6 Å². The van der Waals surface area contributed by atoms with E-state index in [4.69, 9.17) is 0 Å². The number of rotatable bonds is 4. The zero-order valence-electron chi connectivity index (χ0n) is 18.3. The number of hydrogen-bond donors (Lipinski definition) is 2. The van der Waals surface area contributed by atoms with Gasteiger partial charge in [0.05, 0.1) is 14.5 Å². The second-order valence-electron chi connectivity index (χ2n) is 9.77. The number of aliphatic hydroxyl groups excluding tert-OH is 1. The Morgan fingerprint density at radius 1 is 1.13 bits per heavy atom. The fraction of sp³-hybridized carbons (Fsp3) is 0.636. The van der Waals surface area contributed by atoms with Gasteiger partial charge in [-0.05, 0) is 54.5 Å². The molecule has 166 valence electrons. The summed E-state index contributed by atoms with van der Waals surface area (Å²) in [6.45, 7) is 10.4. The molecule has 8 heteroatoms. The number of alkyl halides is 2.